The van der Waals surface area contributed by atoms with Crippen molar-refractivity contribution in [2.45, 2.75) is 50.6 Å². The molecule has 3 unspecified atom stereocenters. The molecule has 1 aromatic rings. The smallest absolute Gasteiger partial charge is 0.241 e. The molecule has 3 nitrogen and oxygen atoms in total. The van der Waals surface area contributed by atoms with Crippen molar-refractivity contribution in [3.8, 4) is 0 Å². The van der Waals surface area contributed by atoms with Crippen LogP contribution in [0, 0.1) is 5.92 Å². The summed E-state index contributed by atoms with van der Waals surface area (Å²) in [6.07, 6.45) is 3.55. The van der Waals surface area contributed by atoms with E-state index in [2.05, 4.69) is 40.9 Å². The first-order valence-electron chi connectivity index (χ1n) is 7.85. The molecule has 0 spiro atoms. The third-order valence-electron chi connectivity index (χ3n) is 4.24. The quantitative estimate of drug-likeness (QED) is 0.900. The van der Waals surface area contributed by atoms with Gasteiger partial charge in [0.05, 0.1) is 6.04 Å². The van der Waals surface area contributed by atoms with Gasteiger partial charge in [-0.05, 0) is 53.3 Å². The lowest BCUT2D eigenvalue weighted by atomic mass is 10.0. The molecule has 2 aliphatic rings. The second-order valence-corrected chi connectivity index (χ2v) is 8.62. The molecule has 0 saturated carbocycles. The maximum Gasteiger partial charge on any atom is 0.241 e. The van der Waals surface area contributed by atoms with E-state index in [1.54, 1.807) is 11.3 Å². The standard InChI is InChI=1S/C16H24N2OS2/c1-11(2)8-14-16(19)18(9-13-4-3-6-21-13)15(17-14)12-5-7-20-10-12/h5,7,10-11,13-15,17H,3-4,6,8-9H2,1-2H3. The Bertz CT molecular complexity index is 469. The average Bonchev–Trinajstić information content (AvgIpc) is 3.15. The Morgan fingerprint density at radius 3 is 2.95 bits per heavy atom. The predicted molar refractivity (Wildman–Crippen MR) is 90.6 cm³/mol. The number of hydrogen-bond donors (Lipinski definition) is 1. The summed E-state index contributed by atoms with van der Waals surface area (Å²) in [6.45, 7) is 5.26. The van der Waals surface area contributed by atoms with Gasteiger partial charge in [0.2, 0.25) is 5.91 Å². The number of hydrogen-bond acceptors (Lipinski definition) is 4. The number of amides is 1. The lowest BCUT2D eigenvalue weighted by Gasteiger charge is -2.26. The average molecular weight is 325 g/mol. The van der Waals surface area contributed by atoms with E-state index in [1.807, 2.05) is 11.8 Å². The highest BCUT2D eigenvalue weighted by Crippen LogP contribution is 2.33. The van der Waals surface area contributed by atoms with E-state index in [4.69, 9.17) is 0 Å². The highest BCUT2D eigenvalue weighted by atomic mass is 32.2. The van der Waals surface area contributed by atoms with Gasteiger partial charge in [0, 0.05) is 11.8 Å². The highest BCUT2D eigenvalue weighted by molar-refractivity contribution is 8.00. The fourth-order valence-electron chi connectivity index (χ4n) is 3.23. The van der Waals surface area contributed by atoms with E-state index < -0.39 is 0 Å². The second kappa shape index (κ2) is 6.71. The molecule has 0 aromatic carbocycles. The van der Waals surface area contributed by atoms with Crippen molar-refractivity contribution in [3.63, 3.8) is 0 Å². The fourth-order valence-corrected chi connectivity index (χ4v) is 5.17. The zero-order valence-electron chi connectivity index (χ0n) is 12.7. The first-order chi connectivity index (χ1) is 10.1. The number of thiophene rings is 1. The molecular weight excluding hydrogens is 300 g/mol. The van der Waals surface area contributed by atoms with Gasteiger partial charge >= 0.3 is 0 Å². The molecule has 2 saturated heterocycles. The third kappa shape index (κ3) is 3.46. The first kappa shape index (κ1) is 15.4. The summed E-state index contributed by atoms with van der Waals surface area (Å²) in [5.41, 5.74) is 1.24. The molecule has 0 radical (unpaired) electrons. The predicted octanol–water partition coefficient (Wildman–Crippen LogP) is 3.49. The second-order valence-electron chi connectivity index (χ2n) is 6.43. The van der Waals surface area contributed by atoms with Crippen molar-refractivity contribution in [3.05, 3.63) is 22.4 Å². The molecule has 0 aliphatic carbocycles. The van der Waals surface area contributed by atoms with Crippen molar-refractivity contribution < 1.29 is 4.79 Å². The molecule has 2 fully saturated rings. The Morgan fingerprint density at radius 2 is 2.33 bits per heavy atom. The molecule has 3 atom stereocenters. The van der Waals surface area contributed by atoms with Crippen molar-refractivity contribution in [2.24, 2.45) is 5.92 Å². The van der Waals surface area contributed by atoms with Crippen molar-refractivity contribution >= 4 is 29.0 Å². The van der Waals surface area contributed by atoms with Gasteiger partial charge in [-0.2, -0.15) is 23.1 Å². The zero-order chi connectivity index (χ0) is 14.8. The van der Waals surface area contributed by atoms with Gasteiger partial charge in [-0.1, -0.05) is 13.8 Å². The molecule has 1 aromatic heterocycles. The van der Waals surface area contributed by atoms with Gasteiger partial charge < -0.3 is 4.90 Å². The minimum absolute atomic E-state index is 0.0127. The van der Waals surface area contributed by atoms with Crippen LogP contribution in [0.5, 0.6) is 0 Å². The molecule has 0 bridgehead atoms. The lowest BCUT2D eigenvalue weighted by Crippen LogP contribution is -2.36. The van der Waals surface area contributed by atoms with Gasteiger partial charge in [-0.15, -0.1) is 0 Å². The Kier molecular flexibility index (Phi) is 4.92. The van der Waals surface area contributed by atoms with Crippen LogP contribution in [-0.4, -0.2) is 34.4 Å². The summed E-state index contributed by atoms with van der Waals surface area (Å²) in [7, 11) is 0. The van der Waals surface area contributed by atoms with Crippen LogP contribution >= 0.6 is 23.1 Å². The summed E-state index contributed by atoms with van der Waals surface area (Å²) in [5, 5.41) is 8.45. The third-order valence-corrected chi connectivity index (χ3v) is 6.32. The largest absolute Gasteiger partial charge is 0.320 e. The van der Waals surface area contributed by atoms with Crippen molar-refractivity contribution in [2.75, 3.05) is 12.3 Å². The summed E-state index contributed by atoms with van der Waals surface area (Å²) < 4.78 is 0. The van der Waals surface area contributed by atoms with E-state index >= 15 is 0 Å². The van der Waals surface area contributed by atoms with Gasteiger partial charge in [-0.3, -0.25) is 10.1 Å². The Balaban J connectivity index is 1.76. The zero-order valence-corrected chi connectivity index (χ0v) is 14.4. The van der Waals surface area contributed by atoms with E-state index in [1.165, 1.54) is 24.2 Å². The van der Waals surface area contributed by atoms with E-state index in [0.29, 0.717) is 17.1 Å². The Morgan fingerprint density at radius 1 is 1.48 bits per heavy atom. The van der Waals surface area contributed by atoms with Crippen LogP contribution in [0.4, 0.5) is 0 Å². The number of rotatable bonds is 5. The minimum atomic E-state index is -0.0127. The number of nitrogens with one attached hydrogen (secondary N) is 1. The van der Waals surface area contributed by atoms with E-state index in [0.717, 1.165) is 13.0 Å². The van der Waals surface area contributed by atoms with Gasteiger partial charge in [0.15, 0.2) is 0 Å². The SMILES string of the molecule is CC(C)CC1NC(c2ccsc2)N(CC2CCCS2)C1=O. The number of carbonyl (C=O) groups excluding carboxylic acids is 1. The molecule has 1 N–H and O–H groups in total. The number of thioether (sulfide) groups is 1. The number of nitrogens with zero attached hydrogens (tertiary/aromatic N) is 1. The molecule has 1 amide bonds. The van der Waals surface area contributed by atoms with Crippen LogP contribution in [0.1, 0.15) is 44.8 Å². The van der Waals surface area contributed by atoms with E-state index in [-0.39, 0.29) is 12.2 Å². The van der Waals surface area contributed by atoms with Gasteiger partial charge in [-0.25, -0.2) is 0 Å². The molecular formula is C16H24N2OS2. The van der Waals surface area contributed by atoms with E-state index in [9.17, 15) is 4.79 Å². The monoisotopic (exact) mass is 324 g/mol. The summed E-state index contributed by atoms with van der Waals surface area (Å²) in [6, 6.07) is 2.13. The van der Waals surface area contributed by atoms with Crippen LogP contribution in [-0.2, 0) is 4.79 Å². The van der Waals surface area contributed by atoms with Gasteiger partial charge in [0.1, 0.15) is 6.17 Å². The van der Waals surface area contributed by atoms with Crippen molar-refractivity contribution in [1.29, 1.82) is 0 Å². The van der Waals surface area contributed by atoms with Gasteiger partial charge in [0.25, 0.3) is 0 Å². The highest BCUT2D eigenvalue weighted by Gasteiger charge is 2.40. The molecule has 2 aliphatic heterocycles. The summed E-state index contributed by atoms with van der Waals surface area (Å²) in [5.74, 6) is 2.08. The molecule has 3 heterocycles. The molecule has 5 heteroatoms. The molecule has 3 rings (SSSR count). The summed E-state index contributed by atoms with van der Waals surface area (Å²) in [4.78, 5) is 14.9. The fraction of sp³-hybridized carbons (Fsp3) is 0.688. The first-order valence-corrected chi connectivity index (χ1v) is 9.84. The van der Waals surface area contributed by atoms with Crippen LogP contribution in [0.3, 0.4) is 0 Å². The van der Waals surface area contributed by atoms with Crippen LogP contribution in [0.15, 0.2) is 16.8 Å². The maximum absolute atomic E-state index is 12.8. The topological polar surface area (TPSA) is 32.3 Å². The number of carbonyl (C=O) groups is 1. The summed E-state index contributed by atoms with van der Waals surface area (Å²) >= 11 is 3.73. The normalized spacial score (nSPS) is 29.8. The van der Waals surface area contributed by atoms with Crippen LogP contribution < -0.4 is 5.32 Å². The molecule has 116 valence electrons. The van der Waals surface area contributed by atoms with Crippen molar-refractivity contribution in [1.82, 2.24) is 10.2 Å². The lowest BCUT2D eigenvalue weighted by molar-refractivity contribution is -0.130. The van der Waals surface area contributed by atoms with Crippen LogP contribution in [0.25, 0.3) is 0 Å². The van der Waals surface area contributed by atoms with Crippen LogP contribution in [0.2, 0.25) is 0 Å². The minimum Gasteiger partial charge on any atom is -0.320 e. The molecule has 21 heavy (non-hydrogen) atoms. The Hall–Kier alpha value is -0.520. The maximum atomic E-state index is 12.8. The Labute approximate surface area is 135 Å².